The van der Waals surface area contributed by atoms with Crippen molar-refractivity contribution in [3.05, 3.63) is 11.8 Å². The number of hydrogen-bond donors (Lipinski definition) is 2. The maximum absolute atomic E-state index is 10.3. The highest BCUT2D eigenvalue weighted by Gasteiger charge is 2.17. The molecule has 82 valence electrons. The van der Waals surface area contributed by atoms with E-state index in [-0.39, 0.29) is 5.76 Å². The second-order valence-corrected chi connectivity index (χ2v) is 5.68. The van der Waals surface area contributed by atoms with Gasteiger partial charge in [0.05, 0.1) is 6.08 Å². The van der Waals surface area contributed by atoms with E-state index in [2.05, 4.69) is 5.09 Å². The summed E-state index contributed by atoms with van der Waals surface area (Å²) >= 11 is 5.05. The number of aliphatic carboxylic acids is 1. The summed E-state index contributed by atoms with van der Waals surface area (Å²) in [4.78, 5) is 10.3. The van der Waals surface area contributed by atoms with Crippen LogP contribution in [0, 0.1) is 0 Å². The van der Waals surface area contributed by atoms with Crippen LogP contribution in [0.5, 0.6) is 0 Å². The zero-order valence-electron chi connectivity index (χ0n) is 8.31. The lowest BCUT2D eigenvalue weighted by atomic mass is 10.5. The summed E-state index contributed by atoms with van der Waals surface area (Å²) in [6.07, 6.45) is 0.942. The first-order valence-corrected chi connectivity index (χ1v) is 6.59. The molecular formula is C7H14NO4PS. The standard InChI is InChI=1S/C7H14NO4PS/c1-4-8-13(14,11-3)12-6(2)5-7(9)10/h5H,4H2,1-3H3,(H,8,14)(H,9,10)/b6-5+. The Bertz CT molecular complexity index is 279. The largest absolute Gasteiger partial charge is 0.478 e. The molecule has 0 rings (SSSR count). The lowest BCUT2D eigenvalue weighted by Crippen LogP contribution is -2.12. The van der Waals surface area contributed by atoms with E-state index in [1.807, 2.05) is 6.92 Å². The van der Waals surface area contributed by atoms with E-state index in [1.54, 1.807) is 0 Å². The average Bonchev–Trinajstić information content (AvgIpc) is 2.02. The van der Waals surface area contributed by atoms with Crippen molar-refractivity contribution in [2.75, 3.05) is 13.7 Å². The van der Waals surface area contributed by atoms with Gasteiger partial charge in [0.2, 0.25) is 0 Å². The summed E-state index contributed by atoms with van der Waals surface area (Å²) < 4.78 is 10.2. The third-order valence-corrected chi connectivity index (χ3v) is 3.95. The van der Waals surface area contributed by atoms with Crippen LogP contribution in [0.25, 0.3) is 0 Å². The molecule has 14 heavy (non-hydrogen) atoms. The third kappa shape index (κ3) is 5.34. The monoisotopic (exact) mass is 239 g/mol. The number of rotatable bonds is 6. The molecule has 2 N–H and O–H groups in total. The van der Waals surface area contributed by atoms with Crippen molar-refractivity contribution in [2.24, 2.45) is 0 Å². The molecule has 1 unspecified atom stereocenters. The zero-order valence-corrected chi connectivity index (χ0v) is 10.0. The van der Waals surface area contributed by atoms with Crippen LogP contribution >= 0.6 is 6.64 Å². The molecule has 5 nitrogen and oxygen atoms in total. The van der Waals surface area contributed by atoms with Crippen molar-refractivity contribution >= 4 is 24.4 Å². The molecule has 7 heteroatoms. The molecule has 0 amide bonds. The van der Waals surface area contributed by atoms with Crippen LogP contribution in [-0.4, -0.2) is 24.7 Å². The first kappa shape index (κ1) is 13.6. The lowest BCUT2D eigenvalue weighted by Gasteiger charge is -2.21. The zero-order chi connectivity index (χ0) is 11.2. The fourth-order valence-electron chi connectivity index (χ4n) is 0.718. The Morgan fingerprint density at radius 3 is 2.64 bits per heavy atom. The Morgan fingerprint density at radius 2 is 2.29 bits per heavy atom. The molecule has 0 heterocycles. The molecule has 0 radical (unpaired) electrons. The van der Waals surface area contributed by atoms with Crippen LogP contribution in [0.2, 0.25) is 0 Å². The molecule has 0 aliphatic carbocycles. The van der Waals surface area contributed by atoms with Gasteiger partial charge in [0.25, 0.3) is 0 Å². The Labute approximate surface area is 88.3 Å². The van der Waals surface area contributed by atoms with Crippen molar-refractivity contribution in [3.63, 3.8) is 0 Å². The highest BCUT2D eigenvalue weighted by atomic mass is 32.5. The fraction of sp³-hybridized carbons (Fsp3) is 0.571. The second kappa shape index (κ2) is 6.14. The van der Waals surface area contributed by atoms with Crippen molar-refractivity contribution in [3.8, 4) is 0 Å². The second-order valence-electron chi connectivity index (χ2n) is 2.38. The molecule has 0 aromatic heterocycles. The molecule has 0 aliphatic heterocycles. The van der Waals surface area contributed by atoms with Crippen LogP contribution in [0.3, 0.4) is 0 Å². The number of nitrogens with one attached hydrogen (secondary N) is 1. The average molecular weight is 239 g/mol. The summed E-state index contributed by atoms with van der Waals surface area (Å²) in [6, 6.07) is 0. The van der Waals surface area contributed by atoms with Crippen LogP contribution in [0.15, 0.2) is 11.8 Å². The van der Waals surface area contributed by atoms with Gasteiger partial charge in [-0.2, -0.15) is 0 Å². The van der Waals surface area contributed by atoms with Gasteiger partial charge >= 0.3 is 12.6 Å². The van der Waals surface area contributed by atoms with Gasteiger partial charge in [-0.1, -0.05) is 6.92 Å². The molecule has 0 spiro atoms. The highest BCUT2D eigenvalue weighted by molar-refractivity contribution is 8.09. The quantitative estimate of drug-likeness (QED) is 0.415. The van der Waals surface area contributed by atoms with Gasteiger partial charge in [0.15, 0.2) is 0 Å². The van der Waals surface area contributed by atoms with E-state index in [9.17, 15) is 4.79 Å². The number of carboxylic acids is 1. The molecule has 0 bridgehead atoms. The Kier molecular flexibility index (Phi) is 5.95. The van der Waals surface area contributed by atoms with Gasteiger partial charge in [-0.15, -0.1) is 0 Å². The number of allylic oxidation sites excluding steroid dienone is 1. The molecule has 0 saturated carbocycles. The first-order chi connectivity index (χ1) is 6.43. The summed E-state index contributed by atoms with van der Waals surface area (Å²) in [5, 5.41) is 11.3. The maximum atomic E-state index is 10.3. The van der Waals surface area contributed by atoms with Crippen molar-refractivity contribution in [1.29, 1.82) is 0 Å². The SMILES string of the molecule is CCNP(=S)(OC)O/C(C)=C/C(=O)O. The Morgan fingerprint density at radius 1 is 1.71 bits per heavy atom. The van der Waals surface area contributed by atoms with Gasteiger partial charge in [-0.3, -0.25) is 0 Å². The van der Waals surface area contributed by atoms with Gasteiger partial charge < -0.3 is 14.2 Å². The predicted octanol–water partition coefficient (Wildman–Crippen LogP) is 1.47. The molecule has 0 saturated heterocycles. The van der Waals surface area contributed by atoms with Crippen LogP contribution in [0.1, 0.15) is 13.8 Å². The number of hydrogen-bond acceptors (Lipinski definition) is 4. The van der Waals surface area contributed by atoms with E-state index < -0.39 is 12.6 Å². The fourth-order valence-corrected chi connectivity index (χ4v) is 2.54. The van der Waals surface area contributed by atoms with Gasteiger partial charge in [0.1, 0.15) is 5.76 Å². The van der Waals surface area contributed by atoms with Crippen LogP contribution < -0.4 is 5.09 Å². The van der Waals surface area contributed by atoms with Gasteiger partial charge in [-0.05, 0) is 18.7 Å². The predicted molar refractivity (Wildman–Crippen MR) is 57.4 cm³/mol. The van der Waals surface area contributed by atoms with Crippen molar-refractivity contribution in [2.45, 2.75) is 13.8 Å². The molecule has 0 aromatic carbocycles. The van der Waals surface area contributed by atoms with E-state index in [1.165, 1.54) is 14.0 Å². The van der Waals surface area contributed by atoms with E-state index in [0.717, 1.165) is 6.08 Å². The van der Waals surface area contributed by atoms with Crippen molar-refractivity contribution < 1.29 is 18.9 Å². The van der Waals surface area contributed by atoms with E-state index in [0.29, 0.717) is 6.54 Å². The number of carbonyl (C=O) groups is 1. The van der Waals surface area contributed by atoms with E-state index >= 15 is 0 Å². The minimum Gasteiger partial charge on any atom is -0.478 e. The van der Waals surface area contributed by atoms with E-state index in [4.69, 9.17) is 26.0 Å². The molecule has 0 aromatic rings. The normalized spacial score (nSPS) is 16.1. The Hall–Kier alpha value is -0.420. The Balaban J connectivity index is 4.46. The lowest BCUT2D eigenvalue weighted by molar-refractivity contribution is -0.131. The van der Waals surface area contributed by atoms with Gasteiger partial charge in [-0.25, -0.2) is 9.88 Å². The molecular weight excluding hydrogens is 225 g/mol. The minimum atomic E-state index is -2.56. The maximum Gasteiger partial charge on any atom is 0.331 e. The summed E-state index contributed by atoms with van der Waals surface area (Å²) in [6.45, 7) is 1.42. The topological polar surface area (TPSA) is 67.8 Å². The van der Waals surface area contributed by atoms with Crippen LogP contribution in [-0.2, 0) is 25.6 Å². The third-order valence-electron chi connectivity index (χ3n) is 1.18. The smallest absolute Gasteiger partial charge is 0.331 e. The first-order valence-electron chi connectivity index (χ1n) is 3.95. The summed E-state index contributed by atoms with van der Waals surface area (Å²) in [5.74, 6) is -0.847. The molecule has 0 aliphatic rings. The summed E-state index contributed by atoms with van der Waals surface area (Å²) in [5.41, 5.74) is 0. The number of carboxylic acid groups (broad SMARTS) is 1. The van der Waals surface area contributed by atoms with Crippen molar-refractivity contribution in [1.82, 2.24) is 5.09 Å². The molecule has 0 fully saturated rings. The van der Waals surface area contributed by atoms with Crippen LogP contribution in [0.4, 0.5) is 0 Å². The van der Waals surface area contributed by atoms with Gasteiger partial charge in [0, 0.05) is 13.7 Å². The molecule has 1 atom stereocenters. The minimum absolute atomic E-state index is 0.226. The highest BCUT2D eigenvalue weighted by Crippen LogP contribution is 2.44. The summed E-state index contributed by atoms with van der Waals surface area (Å²) in [7, 11) is 1.43.